The van der Waals surface area contributed by atoms with Crippen LogP contribution in [0.2, 0.25) is 0 Å². The van der Waals surface area contributed by atoms with Crippen molar-refractivity contribution in [2.45, 2.75) is 6.61 Å². The number of halogens is 1. The molecule has 3 nitrogen and oxygen atoms in total. The largest absolute Gasteiger partial charge is 0.506 e. The summed E-state index contributed by atoms with van der Waals surface area (Å²) in [5.41, 5.74) is 1.64. The van der Waals surface area contributed by atoms with E-state index in [-0.39, 0.29) is 18.2 Å². The molecule has 0 saturated heterocycles. The highest BCUT2D eigenvalue weighted by molar-refractivity contribution is 5.85. The summed E-state index contributed by atoms with van der Waals surface area (Å²) >= 11 is 0. The van der Waals surface area contributed by atoms with E-state index in [9.17, 15) is 5.11 Å². The number of methoxy groups -OCH3 is 1. The first-order valence-corrected chi connectivity index (χ1v) is 4.37. The fourth-order valence-electron chi connectivity index (χ4n) is 1.44. The molecule has 0 atom stereocenters. The molecule has 1 heterocycles. The van der Waals surface area contributed by atoms with Crippen LogP contribution in [0.15, 0.2) is 30.5 Å². The third-order valence-corrected chi connectivity index (χ3v) is 2.06. The van der Waals surface area contributed by atoms with Gasteiger partial charge >= 0.3 is 0 Å². The molecule has 0 saturated carbocycles. The normalized spacial score (nSPS) is 9.93. The van der Waals surface area contributed by atoms with E-state index in [0.29, 0.717) is 12.1 Å². The standard InChI is InChI=1S/C11H11NO2.ClH/c1-14-7-8-5-9-3-2-4-10(13)11(9)12-6-8;/h2-6,13H,7H2,1H3;1H. The highest BCUT2D eigenvalue weighted by atomic mass is 35.5. The van der Waals surface area contributed by atoms with E-state index in [0.717, 1.165) is 10.9 Å². The molecule has 80 valence electrons. The van der Waals surface area contributed by atoms with Crippen molar-refractivity contribution < 1.29 is 9.84 Å². The Labute approximate surface area is 94.1 Å². The Morgan fingerprint density at radius 3 is 2.93 bits per heavy atom. The van der Waals surface area contributed by atoms with E-state index < -0.39 is 0 Å². The van der Waals surface area contributed by atoms with Crippen molar-refractivity contribution in [3.05, 3.63) is 36.0 Å². The summed E-state index contributed by atoms with van der Waals surface area (Å²) in [6.45, 7) is 0.540. The summed E-state index contributed by atoms with van der Waals surface area (Å²) in [6, 6.07) is 7.31. The van der Waals surface area contributed by atoms with Crippen LogP contribution in [-0.2, 0) is 11.3 Å². The number of pyridine rings is 1. The van der Waals surface area contributed by atoms with Crippen LogP contribution in [0.1, 0.15) is 5.56 Å². The molecule has 0 aliphatic carbocycles. The lowest BCUT2D eigenvalue weighted by Crippen LogP contribution is -1.89. The topological polar surface area (TPSA) is 42.4 Å². The lowest BCUT2D eigenvalue weighted by molar-refractivity contribution is 0.184. The second-order valence-corrected chi connectivity index (χ2v) is 3.13. The molecule has 0 unspecified atom stereocenters. The van der Waals surface area contributed by atoms with Crippen molar-refractivity contribution in [3.63, 3.8) is 0 Å². The number of rotatable bonds is 2. The molecule has 0 fully saturated rings. The molecule has 0 aliphatic heterocycles. The second-order valence-electron chi connectivity index (χ2n) is 3.13. The summed E-state index contributed by atoms with van der Waals surface area (Å²) in [5.74, 6) is 0.214. The first-order chi connectivity index (χ1) is 6.81. The van der Waals surface area contributed by atoms with Gasteiger partial charge in [-0.15, -0.1) is 12.4 Å². The molecule has 1 aromatic carbocycles. The van der Waals surface area contributed by atoms with Gasteiger partial charge in [-0.3, -0.25) is 4.98 Å². The van der Waals surface area contributed by atoms with Crippen LogP contribution in [0, 0.1) is 0 Å². The summed E-state index contributed by atoms with van der Waals surface area (Å²) in [5, 5.41) is 10.4. The number of aromatic nitrogens is 1. The van der Waals surface area contributed by atoms with E-state index in [2.05, 4.69) is 4.98 Å². The maximum absolute atomic E-state index is 9.50. The van der Waals surface area contributed by atoms with Gasteiger partial charge < -0.3 is 9.84 Å². The van der Waals surface area contributed by atoms with Gasteiger partial charge in [-0.1, -0.05) is 12.1 Å². The molecular weight excluding hydrogens is 214 g/mol. The first-order valence-electron chi connectivity index (χ1n) is 4.37. The van der Waals surface area contributed by atoms with Crippen molar-refractivity contribution in [1.29, 1.82) is 0 Å². The molecule has 2 rings (SSSR count). The predicted octanol–water partition coefficient (Wildman–Crippen LogP) is 2.51. The highest BCUT2D eigenvalue weighted by Gasteiger charge is 2.01. The van der Waals surface area contributed by atoms with Crippen LogP contribution in [0.5, 0.6) is 5.75 Å². The Kier molecular flexibility index (Phi) is 3.88. The van der Waals surface area contributed by atoms with E-state index in [1.165, 1.54) is 0 Å². The minimum atomic E-state index is 0. The van der Waals surface area contributed by atoms with Crippen molar-refractivity contribution in [3.8, 4) is 5.75 Å². The third kappa shape index (κ3) is 2.37. The number of hydrogen-bond donors (Lipinski definition) is 1. The Bertz CT molecular complexity index is 459. The minimum absolute atomic E-state index is 0. The molecule has 0 spiro atoms. The van der Waals surface area contributed by atoms with Crippen LogP contribution in [0.25, 0.3) is 10.9 Å². The smallest absolute Gasteiger partial charge is 0.141 e. The molecule has 0 radical (unpaired) electrons. The molecule has 1 aromatic heterocycles. The SMILES string of the molecule is COCc1cnc2c(O)cccc2c1.Cl. The average molecular weight is 226 g/mol. The number of benzene rings is 1. The van der Waals surface area contributed by atoms with Gasteiger partial charge in [0.2, 0.25) is 0 Å². The first kappa shape index (κ1) is 11.8. The van der Waals surface area contributed by atoms with Gasteiger partial charge in [0, 0.05) is 18.7 Å². The van der Waals surface area contributed by atoms with E-state index in [4.69, 9.17) is 4.74 Å². The second kappa shape index (κ2) is 4.96. The number of hydrogen-bond acceptors (Lipinski definition) is 3. The van der Waals surface area contributed by atoms with Gasteiger partial charge in [-0.05, 0) is 17.7 Å². The third-order valence-electron chi connectivity index (χ3n) is 2.06. The van der Waals surface area contributed by atoms with Crippen LogP contribution in [-0.4, -0.2) is 17.2 Å². The van der Waals surface area contributed by atoms with Gasteiger partial charge in [0.15, 0.2) is 0 Å². The maximum atomic E-state index is 9.50. The number of aromatic hydroxyl groups is 1. The average Bonchev–Trinajstić information content (AvgIpc) is 2.18. The molecule has 0 bridgehead atoms. The van der Waals surface area contributed by atoms with Gasteiger partial charge in [0.25, 0.3) is 0 Å². The van der Waals surface area contributed by atoms with Gasteiger partial charge in [0.05, 0.1) is 6.61 Å². The number of ether oxygens (including phenoxy) is 1. The molecule has 15 heavy (non-hydrogen) atoms. The Morgan fingerprint density at radius 2 is 2.20 bits per heavy atom. The van der Waals surface area contributed by atoms with E-state index in [1.54, 1.807) is 25.4 Å². The van der Waals surface area contributed by atoms with Crippen LogP contribution >= 0.6 is 12.4 Å². The van der Waals surface area contributed by atoms with E-state index >= 15 is 0 Å². The number of fused-ring (bicyclic) bond motifs is 1. The molecule has 1 N–H and O–H groups in total. The predicted molar refractivity (Wildman–Crippen MR) is 61.4 cm³/mol. The lowest BCUT2D eigenvalue weighted by Gasteiger charge is -2.02. The summed E-state index contributed by atoms with van der Waals surface area (Å²) < 4.78 is 5.00. The number of nitrogens with zero attached hydrogens (tertiary/aromatic N) is 1. The monoisotopic (exact) mass is 225 g/mol. The fourth-order valence-corrected chi connectivity index (χ4v) is 1.44. The van der Waals surface area contributed by atoms with Crippen molar-refractivity contribution >= 4 is 23.3 Å². The summed E-state index contributed by atoms with van der Waals surface area (Å²) in [7, 11) is 1.65. The van der Waals surface area contributed by atoms with Crippen LogP contribution in [0.3, 0.4) is 0 Å². The minimum Gasteiger partial charge on any atom is -0.506 e. The van der Waals surface area contributed by atoms with E-state index in [1.807, 2.05) is 12.1 Å². The molecular formula is C11H12ClNO2. The Hall–Kier alpha value is -1.32. The lowest BCUT2D eigenvalue weighted by atomic mass is 10.1. The molecule has 0 aliphatic rings. The zero-order valence-corrected chi connectivity index (χ0v) is 9.12. The quantitative estimate of drug-likeness (QED) is 0.854. The van der Waals surface area contributed by atoms with Gasteiger partial charge in [-0.25, -0.2) is 0 Å². The van der Waals surface area contributed by atoms with Crippen molar-refractivity contribution in [2.75, 3.05) is 7.11 Å². The summed E-state index contributed by atoms with van der Waals surface area (Å²) in [6.07, 6.45) is 1.71. The maximum Gasteiger partial charge on any atom is 0.141 e. The molecule has 2 aromatic rings. The fraction of sp³-hybridized carbons (Fsp3) is 0.182. The van der Waals surface area contributed by atoms with Gasteiger partial charge in [-0.2, -0.15) is 0 Å². The highest BCUT2D eigenvalue weighted by Crippen LogP contribution is 2.22. The Balaban J connectivity index is 0.00000112. The zero-order valence-electron chi connectivity index (χ0n) is 8.30. The van der Waals surface area contributed by atoms with Crippen LogP contribution < -0.4 is 0 Å². The van der Waals surface area contributed by atoms with Crippen LogP contribution in [0.4, 0.5) is 0 Å². The summed E-state index contributed by atoms with van der Waals surface area (Å²) in [4.78, 5) is 4.17. The zero-order chi connectivity index (χ0) is 9.97. The number of phenols is 1. The van der Waals surface area contributed by atoms with Crippen molar-refractivity contribution in [2.24, 2.45) is 0 Å². The van der Waals surface area contributed by atoms with Gasteiger partial charge in [0.1, 0.15) is 11.3 Å². The molecule has 0 amide bonds. The Morgan fingerprint density at radius 1 is 1.40 bits per heavy atom. The van der Waals surface area contributed by atoms with Crippen molar-refractivity contribution in [1.82, 2.24) is 4.98 Å². The number of para-hydroxylation sites is 1. The number of phenolic OH excluding ortho intramolecular Hbond substituents is 1. The molecule has 4 heteroatoms.